The lowest BCUT2D eigenvalue weighted by molar-refractivity contribution is 0.0235. The van der Waals surface area contributed by atoms with Crippen LogP contribution < -0.4 is 5.32 Å². The first kappa shape index (κ1) is 21.5. The molecule has 1 aliphatic heterocycles. The Morgan fingerprint density at radius 1 is 1.19 bits per heavy atom. The van der Waals surface area contributed by atoms with Gasteiger partial charge in [-0.15, -0.1) is 0 Å². The highest BCUT2D eigenvalue weighted by atomic mass is 35.5. The summed E-state index contributed by atoms with van der Waals surface area (Å²) in [6.45, 7) is 7.72. The van der Waals surface area contributed by atoms with Crippen molar-refractivity contribution in [2.24, 2.45) is 0 Å². The maximum Gasteiger partial charge on any atom is 0.410 e. The van der Waals surface area contributed by atoms with Gasteiger partial charge in [-0.2, -0.15) is 0 Å². The first-order valence-corrected chi connectivity index (χ1v) is 11.1. The number of anilines is 1. The largest absolute Gasteiger partial charge is 0.444 e. The van der Waals surface area contributed by atoms with Crippen molar-refractivity contribution >= 4 is 34.7 Å². The van der Waals surface area contributed by atoms with Gasteiger partial charge in [-0.1, -0.05) is 35.9 Å². The molecule has 1 aromatic heterocycles. The van der Waals surface area contributed by atoms with E-state index in [4.69, 9.17) is 21.3 Å². The summed E-state index contributed by atoms with van der Waals surface area (Å²) in [5.74, 6) is 0.798. The molecule has 0 saturated carbocycles. The average molecular weight is 441 g/mol. The summed E-state index contributed by atoms with van der Waals surface area (Å²) in [5, 5.41) is 4.22. The standard InChI is InChI=1S/C24H29ClN4O2/c1-24(2,3)31-23(30)28-14-6-7-19(28)15-26-22-27-20-8-4-5-9-21(20)29(22)16-17-10-12-18(25)13-11-17/h4-5,8-13,19H,6-7,14-16H2,1-3H3,(H,26,27)/t19-/m0/s1. The van der Waals surface area contributed by atoms with E-state index in [1.165, 1.54) is 0 Å². The molecule has 1 aliphatic rings. The van der Waals surface area contributed by atoms with Crippen LogP contribution in [-0.2, 0) is 11.3 Å². The molecule has 6 nitrogen and oxygen atoms in total. The Hall–Kier alpha value is -2.73. The Kier molecular flexibility index (Phi) is 6.10. The smallest absolute Gasteiger partial charge is 0.410 e. The number of nitrogens with zero attached hydrogens (tertiary/aromatic N) is 3. The number of ether oxygens (including phenoxy) is 1. The fourth-order valence-electron chi connectivity index (χ4n) is 3.96. The summed E-state index contributed by atoms with van der Waals surface area (Å²) in [5.41, 5.74) is 2.65. The van der Waals surface area contributed by atoms with Crippen molar-refractivity contribution in [3.8, 4) is 0 Å². The summed E-state index contributed by atoms with van der Waals surface area (Å²) in [4.78, 5) is 19.2. The zero-order valence-corrected chi connectivity index (χ0v) is 19.0. The number of fused-ring (bicyclic) bond motifs is 1. The number of carbonyl (C=O) groups excluding carboxylic acids is 1. The summed E-state index contributed by atoms with van der Waals surface area (Å²) < 4.78 is 7.76. The summed E-state index contributed by atoms with van der Waals surface area (Å²) in [6, 6.07) is 16.1. The van der Waals surface area contributed by atoms with Gasteiger partial charge in [0.05, 0.1) is 23.6 Å². The van der Waals surface area contributed by atoms with Gasteiger partial charge in [-0.3, -0.25) is 0 Å². The first-order valence-electron chi connectivity index (χ1n) is 10.7. The number of halogens is 1. The topological polar surface area (TPSA) is 59.4 Å². The third-order valence-corrected chi connectivity index (χ3v) is 5.66. The van der Waals surface area contributed by atoms with E-state index in [9.17, 15) is 4.79 Å². The van der Waals surface area contributed by atoms with Crippen molar-refractivity contribution in [1.82, 2.24) is 14.5 Å². The van der Waals surface area contributed by atoms with E-state index in [0.717, 1.165) is 47.0 Å². The van der Waals surface area contributed by atoms with E-state index < -0.39 is 5.60 Å². The van der Waals surface area contributed by atoms with Crippen molar-refractivity contribution in [2.45, 2.75) is 51.8 Å². The minimum Gasteiger partial charge on any atom is -0.444 e. The van der Waals surface area contributed by atoms with Crippen LogP contribution in [0.4, 0.5) is 10.7 Å². The number of hydrogen-bond acceptors (Lipinski definition) is 4. The maximum atomic E-state index is 12.6. The van der Waals surface area contributed by atoms with E-state index in [1.807, 2.05) is 68.1 Å². The summed E-state index contributed by atoms with van der Waals surface area (Å²) >= 11 is 6.05. The van der Waals surface area contributed by atoms with E-state index in [2.05, 4.69) is 16.0 Å². The molecule has 7 heteroatoms. The normalized spacial score (nSPS) is 16.6. The maximum absolute atomic E-state index is 12.6. The number of aromatic nitrogens is 2. The molecule has 1 N–H and O–H groups in total. The number of carbonyl (C=O) groups is 1. The quantitative estimate of drug-likeness (QED) is 0.565. The predicted molar refractivity (Wildman–Crippen MR) is 125 cm³/mol. The van der Waals surface area contributed by atoms with Crippen molar-refractivity contribution in [2.75, 3.05) is 18.4 Å². The zero-order valence-electron chi connectivity index (χ0n) is 18.3. The van der Waals surface area contributed by atoms with E-state index in [-0.39, 0.29) is 12.1 Å². The Labute approximate surface area is 188 Å². The van der Waals surface area contributed by atoms with Gasteiger partial charge in [0.25, 0.3) is 0 Å². The molecule has 0 radical (unpaired) electrons. The number of imidazole rings is 1. The number of likely N-dealkylation sites (tertiary alicyclic amines) is 1. The number of rotatable bonds is 5. The van der Waals surface area contributed by atoms with Crippen molar-refractivity contribution in [1.29, 1.82) is 0 Å². The highest BCUT2D eigenvalue weighted by molar-refractivity contribution is 6.30. The molecular formula is C24H29ClN4O2. The molecule has 2 aromatic carbocycles. The monoisotopic (exact) mass is 440 g/mol. The predicted octanol–water partition coefficient (Wildman–Crippen LogP) is 5.55. The fourth-order valence-corrected chi connectivity index (χ4v) is 4.09. The lowest BCUT2D eigenvalue weighted by Gasteiger charge is -2.28. The molecule has 0 unspecified atom stereocenters. The molecule has 2 heterocycles. The second kappa shape index (κ2) is 8.79. The molecule has 4 rings (SSSR count). The number of nitrogens with one attached hydrogen (secondary N) is 1. The molecule has 31 heavy (non-hydrogen) atoms. The molecular weight excluding hydrogens is 412 g/mol. The molecule has 164 valence electrons. The zero-order chi connectivity index (χ0) is 22.0. The lowest BCUT2D eigenvalue weighted by Crippen LogP contribution is -2.42. The van der Waals surface area contributed by atoms with Crippen LogP contribution in [0, 0.1) is 0 Å². The first-order chi connectivity index (χ1) is 14.8. The second-order valence-electron chi connectivity index (χ2n) is 8.99. The fraction of sp³-hybridized carbons (Fsp3) is 0.417. The van der Waals surface area contributed by atoms with Gasteiger partial charge in [0.15, 0.2) is 0 Å². The second-order valence-corrected chi connectivity index (χ2v) is 9.42. The van der Waals surface area contributed by atoms with E-state index in [0.29, 0.717) is 13.1 Å². The van der Waals surface area contributed by atoms with Crippen molar-refractivity contribution < 1.29 is 9.53 Å². The third kappa shape index (κ3) is 5.13. The minimum absolute atomic E-state index is 0.0821. The number of amides is 1. The van der Waals surface area contributed by atoms with Crippen molar-refractivity contribution in [3.63, 3.8) is 0 Å². The molecule has 0 bridgehead atoms. The van der Waals surface area contributed by atoms with Gasteiger partial charge < -0.3 is 19.5 Å². The van der Waals surface area contributed by atoms with Gasteiger partial charge >= 0.3 is 6.09 Å². The third-order valence-electron chi connectivity index (χ3n) is 5.41. The summed E-state index contributed by atoms with van der Waals surface area (Å²) in [6.07, 6.45) is 1.68. The molecule has 1 fully saturated rings. The average Bonchev–Trinajstić information content (AvgIpc) is 3.32. The number of benzene rings is 2. The highest BCUT2D eigenvalue weighted by Crippen LogP contribution is 2.24. The Morgan fingerprint density at radius 3 is 2.68 bits per heavy atom. The lowest BCUT2D eigenvalue weighted by atomic mass is 10.2. The Morgan fingerprint density at radius 2 is 1.94 bits per heavy atom. The van der Waals surface area contributed by atoms with Crippen molar-refractivity contribution in [3.05, 3.63) is 59.1 Å². The molecule has 0 aliphatic carbocycles. The molecule has 1 saturated heterocycles. The summed E-state index contributed by atoms with van der Waals surface area (Å²) in [7, 11) is 0. The molecule has 0 spiro atoms. The van der Waals surface area contributed by atoms with Gasteiger partial charge in [-0.25, -0.2) is 9.78 Å². The van der Waals surface area contributed by atoms with E-state index >= 15 is 0 Å². The minimum atomic E-state index is -0.496. The van der Waals surface area contributed by atoms with Crippen LogP contribution in [0.3, 0.4) is 0 Å². The number of para-hydroxylation sites is 2. The SMILES string of the molecule is CC(C)(C)OC(=O)N1CCC[C@H]1CNc1nc2ccccc2n1Cc1ccc(Cl)cc1. The van der Waals surface area contributed by atoms with Crippen LogP contribution in [-0.4, -0.2) is 45.3 Å². The van der Waals surface area contributed by atoms with Crippen LogP contribution in [0.25, 0.3) is 11.0 Å². The van der Waals surface area contributed by atoms with Gasteiger partial charge in [0.2, 0.25) is 5.95 Å². The molecule has 3 aromatic rings. The van der Waals surface area contributed by atoms with Crippen LogP contribution >= 0.6 is 11.6 Å². The highest BCUT2D eigenvalue weighted by Gasteiger charge is 2.32. The van der Waals surface area contributed by atoms with Crippen LogP contribution in [0.15, 0.2) is 48.5 Å². The van der Waals surface area contributed by atoms with Crippen LogP contribution in [0.2, 0.25) is 5.02 Å². The van der Waals surface area contributed by atoms with Gasteiger partial charge in [-0.05, 0) is 63.4 Å². The Balaban J connectivity index is 1.53. The Bertz CT molecular complexity index is 1060. The van der Waals surface area contributed by atoms with Crippen LogP contribution in [0.5, 0.6) is 0 Å². The molecule has 1 amide bonds. The molecule has 1 atom stereocenters. The van der Waals surface area contributed by atoms with Gasteiger partial charge in [0, 0.05) is 18.1 Å². The van der Waals surface area contributed by atoms with Crippen LogP contribution in [0.1, 0.15) is 39.2 Å². The van der Waals surface area contributed by atoms with Gasteiger partial charge in [0.1, 0.15) is 5.60 Å². The van der Waals surface area contributed by atoms with E-state index in [1.54, 1.807) is 0 Å². The number of hydrogen-bond donors (Lipinski definition) is 1.